The molecule has 0 aliphatic carbocycles. The highest BCUT2D eigenvalue weighted by Gasteiger charge is 2.25. The lowest BCUT2D eigenvalue weighted by atomic mass is 10.1. The maximum Gasteiger partial charge on any atom is 0.164 e. The monoisotopic (exact) mass is 657 g/mol. The number of hydrogen-bond acceptors (Lipinski definition) is 5. The average Bonchev–Trinajstić information content (AvgIpc) is 3.74. The molecule has 0 spiro atoms. The molecule has 48 heavy (non-hydrogen) atoms. The van der Waals surface area contributed by atoms with E-state index in [2.05, 4.69) is 34.9 Å². The van der Waals surface area contributed by atoms with Gasteiger partial charge in [0.05, 0.1) is 5.69 Å². The third kappa shape index (κ3) is 4.03. The molecule has 0 amide bonds. The quantitative estimate of drug-likeness (QED) is 0.159. The molecule has 7 nitrogen and oxygen atoms in total. The van der Waals surface area contributed by atoms with Crippen molar-refractivity contribution < 1.29 is 35.1 Å². The number of nitrogens with one attached hydrogen (secondary N) is 2. The molecule has 15 heteroatoms. The number of aromatic nitrogens is 7. The largest absolute Gasteiger partial charge is 0.339 e. The molecule has 0 radical (unpaired) electrons. The van der Waals surface area contributed by atoms with Crippen molar-refractivity contribution in [3.8, 4) is 45.4 Å². The van der Waals surface area contributed by atoms with Crippen LogP contribution in [-0.4, -0.2) is 34.9 Å². The van der Waals surface area contributed by atoms with Gasteiger partial charge in [0.1, 0.15) is 16.9 Å². The molecule has 0 atom stereocenters. The predicted octanol–water partition coefficient (Wildman–Crippen LogP) is 8.59. The van der Waals surface area contributed by atoms with Crippen molar-refractivity contribution in [1.82, 2.24) is 34.9 Å². The van der Waals surface area contributed by atoms with Crippen LogP contribution in [0.4, 0.5) is 35.1 Å². The van der Waals surface area contributed by atoms with Gasteiger partial charge >= 0.3 is 0 Å². The van der Waals surface area contributed by atoms with Gasteiger partial charge in [-0.15, -0.1) is 0 Å². The fourth-order valence-corrected chi connectivity index (χ4v) is 5.93. The van der Waals surface area contributed by atoms with Gasteiger partial charge < -0.3 is 9.97 Å². The molecule has 2 aliphatic rings. The minimum atomic E-state index is -1.24. The van der Waals surface area contributed by atoms with Crippen LogP contribution in [0.3, 0.4) is 0 Å². The van der Waals surface area contributed by atoms with E-state index in [1.54, 1.807) is 0 Å². The van der Waals surface area contributed by atoms with E-state index >= 15 is 0 Å². The highest BCUT2D eigenvalue weighted by atomic mass is 19.2. The molecule has 0 fully saturated rings. The van der Waals surface area contributed by atoms with Gasteiger partial charge in [0.2, 0.25) is 0 Å². The van der Waals surface area contributed by atoms with Gasteiger partial charge in [-0.25, -0.2) is 60.0 Å². The van der Waals surface area contributed by atoms with Crippen molar-refractivity contribution >= 4 is 44.0 Å². The number of hydrogen-bond donors (Lipinski definition) is 2. The first-order chi connectivity index (χ1) is 23.0. The van der Waals surface area contributed by atoms with Crippen LogP contribution >= 0.6 is 0 Å². The van der Waals surface area contributed by atoms with E-state index in [9.17, 15) is 35.1 Å². The second kappa shape index (κ2) is 9.63. The van der Waals surface area contributed by atoms with Gasteiger partial charge in [0, 0.05) is 49.3 Å². The Bertz CT molecular complexity index is 2420. The lowest BCUT2D eigenvalue weighted by molar-refractivity contribution is 0.509. The van der Waals surface area contributed by atoms with Crippen LogP contribution in [-0.2, 0) is 0 Å². The summed E-state index contributed by atoms with van der Waals surface area (Å²) in [6.07, 6.45) is 0. The number of benzene rings is 4. The van der Waals surface area contributed by atoms with E-state index < -0.39 is 46.5 Å². The molecule has 7 aromatic rings. The van der Waals surface area contributed by atoms with E-state index in [0.717, 1.165) is 48.5 Å². The Morgan fingerprint density at radius 2 is 0.688 bits per heavy atom. The SMILES string of the molecule is Fc1cc2c(cc1F)-c1nc-2cc2[nH]c(nc3nc(nc4[nH]c(n1)c1cc(F)c(F)cc41)-c1cc(F)c(F)cc1-3)c1cc(F)c(F)cc21. The molecule has 0 saturated heterocycles. The maximum atomic E-state index is 14.5. The Hall–Kier alpha value is -6.25. The summed E-state index contributed by atoms with van der Waals surface area (Å²) in [6, 6.07) is 8.20. The molecule has 2 aliphatic heterocycles. The van der Waals surface area contributed by atoms with Crippen LogP contribution in [0.25, 0.3) is 89.4 Å². The molecule has 5 heterocycles. The highest BCUT2D eigenvalue weighted by molar-refractivity contribution is 6.07. The fraction of sp³-hybridized carbons (Fsp3) is 0. The first kappa shape index (κ1) is 28.0. The molecular weight excluding hydrogens is 646 g/mol. The standard InChI is InChI=1S/C33H11F8N7/c34-18-1-10-12(3-20(18)36)28-42-26(10)9-27-11-2-19(35)21(37)4-13(11)29(43-27)45-31-15-6-23(39)25(41)8-17(15)33(47-31)48-32-16-7-24(40)22(38)5-14(16)30(44-28)46-32/h1-9H,(H2,42,43,44,45,46,47,48). The molecule has 4 aromatic carbocycles. The number of aromatic amines is 2. The zero-order chi connectivity index (χ0) is 33.2. The molecule has 234 valence electrons. The Morgan fingerprint density at radius 1 is 0.333 bits per heavy atom. The second-order valence-electron chi connectivity index (χ2n) is 11.0. The average molecular weight is 657 g/mol. The van der Waals surface area contributed by atoms with Crippen LogP contribution in [0.5, 0.6) is 0 Å². The normalized spacial score (nSPS) is 12.2. The Kier molecular flexibility index (Phi) is 5.62. The molecule has 0 unspecified atom stereocenters. The van der Waals surface area contributed by atoms with Crippen molar-refractivity contribution in [1.29, 1.82) is 0 Å². The zero-order valence-corrected chi connectivity index (χ0v) is 23.5. The van der Waals surface area contributed by atoms with E-state index in [1.165, 1.54) is 6.07 Å². The minimum Gasteiger partial charge on any atom is -0.339 e. The number of halogens is 8. The lowest BCUT2D eigenvalue weighted by Gasteiger charge is -2.00. The summed E-state index contributed by atoms with van der Waals surface area (Å²) in [5.41, 5.74) is -0.147. The molecule has 3 aromatic heterocycles. The van der Waals surface area contributed by atoms with E-state index in [1.807, 2.05) is 0 Å². The maximum absolute atomic E-state index is 14.5. The van der Waals surface area contributed by atoms with Crippen molar-refractivity contribution in [2.24, 2.45) is 0 Å². The summed E-state index contributed by atoms with van der Waals surface area (Å²) in [4.78, 5) is 27.9. The second-order valence-corrected chi connectivity index (χ2v) is 11.0. The number of rotatable bonds is 0. The third-order valence-electron chi connectivity index (χ3n) is 8.16. The van der Waals surface area contributed by atoms with Crippen LogP contribution in [0.2, 0.25) is 0 Å². The van der Waals surface area contributed by atoms with Gasteiger partial charge in [-0.05, 0) is 54.6 Å². The first-order valence-corrected chi connectivity index (χ1v) is 13.9. The van der Waals surface area contributed by atoms with Gasteiger partial charge in [0.25, 0.3) is 0 Å². The van der Waals surface area contributed by atoms with E-state index in [4.69, 9.17) is 0 Å². The summed E-state index contributed by atoms with van der Waals surface area (Å²) >= 11 is 0. The fourth-order valence-electron chi connectivity index (χ4n) is 5.93. The van der Waals surface area contributed by atoms with Gasteiger partial charge in [-0.2, -0.15) is 0 Å². The first-order valence-electron chi connectivity index (χ1n) is 13.9. The Morgan fingerprint density at radius 3 is 1.19 bits per heavy atom. The minimum absolute atomic E-state index is 0.00569. The third-order valence-corrected chi connectivity index (χ3v) is 8.16. The van der Waals surface area contributed by atoms with Gasteiger partial charge in [-0.3, -0.25) is 0 Å². The molecule has 0 saturated carbocycles. The summed E-state index contributed by atoms with van der Waals surface area (Å²) < 4.78 is 116. The van der Waals surface area contributed by atoms with Crippen LogP contribution in [0.1, 0.15) is 0 Å². The summed E-state index contributed by atoms with van der Waals surface area (Å²) in [6.45, 7) is 0. The highest BCUT2D eigenvalue weighted by Crippen LogP contribution is 2.39. The van der Waals surface area contributed by atoms with E-state index in [-0.39, 0.29) is 89.4 Å². The topological polar surface area (TPSA) is 96.0 Å². The van der Waals surface area contributed by atoms with Crippen LogP contribution in [0, 0.1) is 46.5 Å². The zero-order valence-electron chi connectivity index (χ0n) is 23.5. The lowest BCUT2D eigenvalue weighted by Crippen LogP contribution is -1.89. The van der Waals surface area contributed by atoms with Crippen molar-refractivity contribution in [2.45, 2.75) is 0 Å². The van der Waals surface area contributed by atoms with Crippen molar-refractivity contribution in [3.63, 3.8) is 0 Å². The van der Waals surface area contributed by atoms with Crippen LogP contribution < -0.4 is 0 Å². The smallest absolute Gasteiger partial charge is 0.164 e. The van der Waals surface area contributed by atoms with Crippen molar-refractivity contribution in [2.75, 3.05) is 0 Å². The van der Waals surface area contributed by atoms with Crippen LogP contribution in [0.15, 0.2) is 54.6 Å². The summed E-state index contributed by atoms with van der Waals surface area (Å²) in [5.74, 6) is -10.4. The molecular formula is C33H11F8N7. The molecule has 8 bridgehead atoms. The Labute approximate surface area is 260 Å². The number of H-pyrrole nitrogens is 2. The van der Waals surface area contributed by atoms with E-state index in [0.29, 0.717) is 0 Å². The van der Waals surface area contributed by atoms with Crippen molar-refractivity contribution in [3.05, 3.63) is 101 Å². The summed E-state index contributed by atoms with van der Waals surface area (Å²) in [5, 5.41) is 0.170. The number of nitrogens with zero attached hydrogens (tertiary/aromatic N) is 5. The predicted molar refractivity (Wildman–Crippen MR) is 158 cm³/mol. The Balaban J connectivity index is 1.52. The molecule has 2 N–H and O–H groups in total. The van der Waals surface area contributed by atoms with Gasteiger partial charge in [0.15, 0.2) is 64.0 Å². The summed E-state index contributed by atoms with van der Waals surface area (Å²) in [7, 11) is 0. The number of fused-ring (bicyclic) bond motifs is 20. The molecule has 9 rings (SSSR count). The van der Waals surface area contributed by atoms with Gasteiger partial charge in [-0.1, -0.05) is 0 Å².